The van der Waals surface area contributed by atoms with Crippen molar-refractivity contribution in [2.45, 2.75) is 45.7 Å². The zero-order valence-corrected chi connectivity index (χ0v) is 11.3. The quantitative estimate of drug-likeness (QED) is 0.749. The van der Waals surface area contributed by atoms with Gasteiger partial charge >= 0.3 is 0 Å². The van der Waals surface area contributed by atoms with E-state index < -0.39 is 0 Å². The van der Waals surface area contributed by atoms with Crippen molar-refractivity contribution in [3.05, 3.63) is 0 Å². The molecule has 1 N–H and O–H groups in total. The van der Waals surface area contributed by atoms with Gasteiger partial charge in [0, 0.05) is 32.3 Å². The summed E-state index contributed by atoms with van der Waals surface area (Å²) >= 11 is 0. The maximum Gasteiger partial charge on any atom is 0.0589 e. The zero-order chi connectivity index (χ0) is 12.0. The van der Waals surface area contributed by atoms with Crippen LogP contribution in [0.3, 0.4) is 0 Å². The molecule has 0 aromatic carbocycles. The number of hydrogen-bond acceptors (Lipinski definition) is 3. The Morgan fingerprint density at radius 3 is 2.75 bits per heavy atom. The summed E-state index contributed by atoms with van der Waals surface area (Å²) in [4.78, 5) is 2.62. The van der Waals surface area contributed by atoms with Crippen LogP contribution in [0.1, 0.15) is 33.6 Å². The van der Waals surface area contributed by atoms with Crippen molar-refractivity contribution in [3.8, 4) is 0 Å². The second-order valence-corrected chi connectivity index (χ2v) is 5.14. The molecule has 1 aliphatic rings. The van der Waals surface area contributed by atoms with Gasteiger partial charge in [0.15, 0.2) is 0 Å². The largest absolute Gasteiger partial charge is 0.383 e. The van der Waals surface area contributed by atoms with Crippen LogP contribution in [0.2, 0.25) is 0 Å². The van der Waals surface area contributed by atoms with E-state index >= 15 is 0 Å². The molecule has 1 fully saturated rings. The second-order valence-electron chi connectivity index (χ2n) is 5.14. The van der Waals surface area contributed by atoms with Gasteiger partial charge in [-0.2, -0.15) is 0 Å². The van der Waals surface area contributed by atoms with Gasteiger partial charge in [0.2, 0.25) is 0 Å². The average molecular weight is 228 g/mol. The maximum absolute atomic E-state index is 5.22. The van der Waals surface area contributed by atoms with Crippen molar-refractivity contribution < 1.29 is 4.74 Å². The van der Waals surface area contributed by atoms with Gasteiger partial charge in [-0.15, -0.1) is 0 Å². The van der Waals surface area contributed by atoms with Crippen molar-refractivity contribution in [2.75, 3.05) is 33.4 Å². The highest BCUT2D eigenvalue weighted by atomic mass is 16.5. The summed E-state index contributed by atoms with van der Waals surface area (Å²) in [5.74, 6) is 0.799. The predicted octanol–water partition coefficient (Wildman–Crippen LogP) is 1.73. The lowest BCUT2D eigenvalue weighted by Crippen LogP contribution is -2.52. The number of nitrogens with one attached hydrogen (secondary N) is 1. The van der Waals surface area contributed by atoms with Crippen molar-refractivity contribution in [3.63, 3.8) is 0 Å². The minimum atomic E-state index is 0.659. The third-order valence-electron chi connectivity index (χ3n) is 3.73. The normalized spacial score (nSPS) is 28.3. The van der Waals surface area contributed by atoms with E-state index in [0.717, 1.165) is 25.6 Å². The van der Waals surface area contributed by atoms with E-state index in [1.54, 1.807) is 7.11 Å². The molecule has 3 atom stereocenters. The van der Waals surface area contributed by atoms with Crippen molar-refractivity contribution in [2.24, 2.45) is 5.92 Å². The van der Waals surface area contributed by atoms with Gasteiger partial charge in [0.05, 0.1) is 6.61 Å². The summed E-state index contributed by atoms with van der Waals surface area (Å²) in [5.41, 5.74) is 0. The molecule has 16 heavy (non-hydrogen) atoms. The molecule has 3 unspecified atom stereocenters. The minimum Gasteiger partial charge on any atom is -0.383 e. The Morgan fingerprint density at radius 1 is 1.44 bits per heavy atom. The molecule has 0 bridgehead atoms. The fraction of sp³-hybridized carbons (Fsp3) is 1.00. The molecule has 0 saturated carbocycles. The third kappa shape index (κ3) is 4.04. The van der Waals surface area contributed by atoms with E-state index in [2.05, 4.69) is 31.0 Å². The van der Waals surface area contributed by atoms with Gasteiger partial charge in [-0.1, -0.05) is 13.8 Å². The SMILES string of the molecule is CCC(C)N(CCOC)C1CNCC(C)C1. The maximum atomic E-state index is 5.22. The lowest BCUT2D eigenvalue weighted by molar-refractivity contribution is 0.0677. The summed E-state index contributed by atoms with van der Waals surface area (Å²) in [7, 11) is 1.79. The van der Waals surface area contributed by atoms with E-state index in [0.29, 0.717) is 12.1 Å². The smallest absolute Gasteiger partial charge is 0.0589 e. The van der Waals surface area contributed by atoms with E-state index in [4.69, 9.17) is 4.74 Å². The van der Waals surface area contributed by atoms with E-state index in [1.807, 2.05) is 0 Å². The van der Waals surface area contributed by atoms with Crippen LogP contribution in [0.4, 0.5) is 0 Å². The highest BCUT2D eigenvalue weighted by molar-refractivity contribution is 4.84. The van der Waals surface area contributed by atoms with Gasteiger partial charge in [0.1, 0.15) is 0 Å². The summed E-state index contributed by atoms with van der Waals surface area (Å²) in [6.45, 7) is 11.1. The first-order chi connectivity index (χ1) is 7.69. The van der Waals surface area contributed by atoms with E-state index in [1.165, 1.54) is 19.4 Å². The Hall–Kier alpha value is -0.120. The van der Waals surface area contributed by atoms with Crippen molar-refractivity contribution >= 4 is 0 Å². The molecule has 96 valence electrons. The molecule has 1 rings (SSSR count). The van der Waals surface area contributed by atoms with Crippen LogP contribution in [0.25, 0.3) is 0 Å². The lowest BCUT2D eigenvalue weighted by atomic mass is 9.95. The molecule has 0 aromatic rings. The first kappa shape index (κ1) is 13.9. The molecule has 3 heteroatoms. The van der Waals surface area contributed by atoms with Gasteiger partial charge in [-0.25, -0.2) is 0 Å². The summed E-state index contributed by atoms with van der Waals surface area (Å²) in [6, 6.07) is 1.35. The fourth-order valence-electron chi connectivity index (χ4n) is 2.57. The fourth-order valence-corrected chi connectivity index (χ4v) is 2.57. The van der Waals surface area contributed by atoms with Crippen LogP contribution >= 0.6 is 0 Å². The number of nitrogens with zero attached hydrogens (tertiary/aromatic N) is 1. The Labute approximate surface area is 101 Å². The molecule has 0 spiro atoms. The molecule has 1 heterocycles. The van der Waals surface area contributed by atoms with Crippen molar-refractivity contribution in [1.29, 1.82) is 0 Å². The topological polar surface area (TPSA) is 24.5 Å². The van der Waals surface area contributed by atoms with Gasteiger partial charge in [-0.05, 0) is 32.2 Å². The van der Waals surface area contributed by atoms with Crippen LogP contribution in [-0.2, 0) is 4.74 Å². The monoisotopic (exact) mass is 228 g/mol. The molecule has 3 nitrogen and oxygen atoms in total. The first-order valence-corrected chi connectivity index (χ1v) is 6.64. The van der Waals surface area contributed by atoms with Gasteiger partial charge < -0.3 is 10.1 Å². The molecule has 1 aliphatic heterocycles. The van der Waals surface area contributed by atoms with Crippen LogP contribution in [0.15, 0.2) is 0 Å². The zero-order valence-electron chi connectivity index (χ0n) is 11.3. The molecular formula is C13H28N2O. The van der Waals surface area contributed by atoms with Crippen LogP contribution < -0.4 is 5.32 Å². The number of piperidine rings is 1. The standard InChI is InChI=1S/C13H28N2O/c1-5-12(3)15(6-7-16-4)13-8-11(2)9-14-10-13/h11-14H,5-10H2,1-4H3. The second kappa shape index (κ2) is 7.25. The average Bonchev–Trinajstić information content (AvgIpc) is 2.29. The molecule has 0 radical (unpaired) electrons. The lowest BCUT2D eigenvalue weighted by Gasteiger charge is -2.40. The minimum absolute atomic E-state index is 0.659. The Bertz CT molecular complexity index is 187. The Kier molecular flexibility index (Phi) is 6.32. The highest BCUT2D eigenvalue weighted by Gasteiger charge is 2.26. The first-order valence-electron chi connectivity index (χ1n) is 6.64. The van der Waals surface area contributed by atoms with Crippen LogP contribution in [0, 0.1) is 5.92 Å². The molecular weight excluding hydrogens is 200 g/mol. The van der Waals surface area contributed by atoms with E-state index in [-0.39, 0.29) is 0 Å². The summed E-state index contributed by atoms with van der Waals surface area (Å²) < 4.78 is 5.22. The van der Waals surface area contributed by atoms with Crippen LogP contribution in [-0.4, -0.2) is 50.3 Å². The highest BCUT2D eigenvalue weighted by Crippen LogP contribution is 2.18. The van der Waals surface area contributed by atoms with Crippen molar-refractivity contribution in [1.82, 2.24) is 10.2 Å². The third-order valence-corrected chi connectivity index (χ3v) is 3.73. The summed E-state index contributed by atoms with van der Waals surface area (Å²) in [6.07, 6.45) is 2.54. The van der Waals surface area contributed by atoms with Crippen LogP contribution in [0.5, 0.6) is 0 Å². The number of hydrogen-bond donors (Lipinski definition) is 1. The molecule has 1 saturated heterocycles. The Balaban J connectivity index is 2.52. The summed E-state index contributed by atoms with van der Waals surface area (Å²) in [5, 5.41) is 3.54. The number of rotatable bonds is 6. The molecule has 0 aliphatic carbocycles. The van der Waals surface area contributed by atoms with Gasteiger partial charge in [0.25, 0.3) is 0 Å². The van der Waals surface area contributed by atoms with E-state index in [9.17, 15) is 0 Å². The predicted molar refractivity (Wildman–Crippen MR) is 68.8 cm³/mol. The number of methoxy groups -OCH3 is 1. The molecule has 0 amide bonds. The van der Waals surface area contributed by atoms with Gasteiger partial charge in [-0.3, -0.25) is 4.90 Å². The Morgan fingerprint density at radius 2 is 2.19 bits per heavy atom. The number of ether oxygens (including phenoxy) is 1. The molecule has 0 aromatic heterocycles.